The maximum absolute atomic E-state index is 12.8. The number of imide groups is 1. The van der Waals surface area contributed by atoms with E-state index < -0.39 is 11.8 Å². The Morgan fingerprint density at radius 3 is 2.77 bits per heavy atom. The molecule has 0 radical (unpaired) electrons. The summed E-state index contributed by atoms with van der Waals surface area (Å²) in [7, 11) is 0. The minimum Gasteiger partial charge on any atom is -0.454 e. The molecule has 0 atom stereocenters. The number of carbonyl (C=O) groups is 2. The normalized spacial score (nSPS) is 17.3. The molecule has 0 aromatic heterocycles. The van der Waals surface area contributed by atoms with Gasteiger partial charge in [-0.15, -0.1) is 0 Å². The van der Waals surface area contributed by atoms with E-state index in [-0.39, 0.29) is 11.1 Å². The summed E-state index contributed by atoms with van der Waals surface area (Å²) in [5, 5.41) is 0. The molecule has 130 valence electrons. The van der Waals surface area contributed by atoms with Crippen molar-refractivity contribution in [2.24, 2.45) is 0 Å². The Morgan fingerprint density at radius 2 is 1.96 bits per heavy atom. The largest absolute Gasteiger partial charge is 0.454 e. The van der Waals surface area contributed by atoms with Crippen LogP contribution in [0.4, 0.5) is 0 Å². The van der Waals surface area contributed by atoms with E-state index in [0.717, 1.165) is 22.2 Å². The van der Waals surface area contributed by atoms with Gasteiger partial charge in [-0.2, -0.15) is 0 Å². The van der Waals surface area contributed by atoms with Gasteiger partial charge in [-0.25, -0.2) is 4.90 Å². The zero-order valence-corrected chi connectivity index (χ0v) is 16.3. The third kappa shape index (κ3) is 3.04. The molecule has 8 heteroatoms. The molecule has 26 heavy (non-hydrogen) atoms. The molecule has 0 spiro atoms. The molecule has 0 N–H and O–H groups in total. The average molecular weight is 448 g/mol. The molecular weight excluding hydrogens is 438 g/mol. The monoisotopic (exact) mass is 447 g/mol. The number of benzene rings is 2. The molecule has 2 aliphatic rings. The van der Waals surface area contributed by atoms with Crippen molar-refractivity contribution in [1.82, 2.24) is 4.90 Å². The molecule has 2 heterocycles. The van der Waals surface area contributed by atoms with Gasteiger partial charge in [0.15, 0.2) is 15.8 Å². The Balaban J connectivity index is 1.63. The first-order chi connectivity index (χ1) is 12.5. The van der Waals surface area contributed by atoms with Crippen LogP contribution in [0.25, 0.3) is 6.08 Å². The molecule has 0 aliphatic carbocycles. The second kappa shape index (κ2) is 6.86. The van der Waals surface area contributed by atoms with Gasteiger partial charge in [0.2, 0.25) is 6.79 Å². The third-order valence-electron chi connectivity index (χ3n) is 3.80. The second-order valence-corrected chi connectivity index (χ2v) is 7.94. The van der Waals surface area contributed by atoms with E-state index in [9.17, 15) is 9.59 Å². The van der Waals surface area contributed by atoms with Crippen LogP contribution < -0.4 is 9.47 Å². The van der Waals surface area contributed by atoms with E-state index >= 15 is 0 Å². The van der Waals surface area contributed by atoms with Crippen molar-refractivity contribution in [3.8, 4) is 11.5 Å². The molecule has 1 saturated heterocycles. The number of carbonyl (C=O) groups excluding carboxylic acids is 2. The number of hydrogen-bond acceptors (Lipinski definition) is 6. The molecule has 4 rings (SSSR count). The Morgan fingerprint density at radius 1 is 1.19 bits per heavy atom. The quantitative estimate of drug-likeness (QED) is 0.390. The zero-order chi connectivity index (χ0) is 18.3. The highest BCUT2D eigenvalue weighted by Crippen LogP contribution is 2.37. The van der Waals surface area contributed by atoms with Crippen LogP contribution in [0.15, 0.2) is 51.8 Å². The predicted octanol–water partition coefficient (Wildman–Crippen LogP) is 4.22. The number of halogens is 1. The van der Waals surface area contributed by atoms with Gasteiger partial charge in [-0.3, -0.25) is 9.59 Å². The number of fused-ring (bicyclic) bond motifs is 1. The van der Waals surface area contributed by atoms with Crippen LogP contribution in [0.5, 0.6) is 11.5 Å². The molecule has 5 nitrogen and oxygen atoms in total. The molecule has 2 aromatic carbocycles. The van der Waals surface area contributed by atoms with E-state index in [4.69, 9.17) is 21.7 Å². The fourth-order valence-electron chi connectivity index (χ4n) is 2.55. The lowest BCUT2D eigenvalue weighted by Gasteiger charge is -2.13. The summed E-state index contributed by atoms with van der Waals surface area (Å²) in [6.07, 6.45) is 1.69. The molecule has 0 unspecified atom stereocenters. The Hall–Kier alpha value is -2.16. The smallest absolute Gasteiger partial charge is 0.273 e. The maximum atomic E-state index is 12.8. The van der Waals surface area contributed by atoms with E-state index in [0.29, 0.717) is 26.4 Å². The minimum atomic E-state index is -0.450. The molecular formula is C18H10BrNO4S2. The minimum absolute atomic E-state index is 0.182. The van der Waals surface area contributed by atoms with Crippen molar-refractivity contribution < 1.29 is 19.1 Å². The Bertz CT molecular complexity index is 989. The lowest BCUT2D eigenvalue weighted by atomic mass is 10.1. The van der Waals surface area contributed by atoms with Gasteiger partial charge in [0.25, 0.3) is 11.8 Å². The zero-order valence-electron chi connectivity index (χ0n) is 13.1. The lowest BCUT2D eigenvalue weighted by Crippen LogP contribution is -2.34. The molecule has 2 aliphatic heterocycles. The first-order valence-corrected chi connectivity index (χ1v) is 9.53. The fraction of sp³-hybridized carbons (Fsp3) is 0.0556. The van der Waals surface area contributed by atoms with Gasteiger partial charge in [0, 0.05) is 4.47 Å². The van der Waals surface area contributed by atoms with Crippen LogP contribution in [0.2, 0.25) is 0 Å². The van der Waals surface area contributed by atoms with Crippen LogP contribution in [0.3, 0.4) is 0 Å². The second-order valence-electron chi connectivity index (χ2n) is 5.41. The van der Waals surface area contributed by atoms with Gasteiger partial charge in [-0.05, 0) is 51.8 Å². The SMILES string of the molecule is O=C1/C(=C\c2ccc3c(c2)OCO3)SC(=S)N1C(=O)c1ccccc1Br. The van der Waals surface area contributed by atoms with Gasteiger partial charge in [-0.1, -0.05) is 42.2 Å². The molecule has 2 amide bonds. The predicted molar refractivity (Wildman–Crippen MR) is 106 cm³/mol. The van der Waals surface area contributed by atoms with Crippen molar-refractivity contribution in [3.05, 3.63) is 63.0 Å². The van der Waals surface area contributed by atoms with Crippen molar-refractivity contribution in [3.63, 3.8) is 0 Å². The van der Waals surface area contributed by atoms with E-state index in [1.807, 2.05) is 6.07 Å². The summed E-state index contributed by atoms with van der Waals surface area (Å²) in [5.74, 6) is 0.407. The molecule has 0 bridgehead atoms. The topological polar surface area (TPSA) is 55.8 Å². The number of ether oxygens (including phenoxy) is 2. The van der Waals surface area contributed by atoms with Gasteiger partial charge >= 0.3 is 0 Å². The van der Waals surface area contributed by atoms with E-state index in [2.05, 4.69) is 15.9 Å². The van der Waals surface area contributed by atoms with Crippen LogP contribution in [0, 0.1) is 0 Å². The van der Waals surface area contributed by atoms with Crippen molar-refractivity contribution >= 4 is 62.1 Å². The first-order valence-electron chi connectivity index (χ1n) is 7.51. The Kier molecular flexibility index (Phi) is 4.56. The first kappa shape index (κ1) is 17.3. The van der Waals surface area contributed by atoms with Crippen LogP contribution >= 0.6 is 39.9 Å². The molecule has 0 saturated carbocycles. The lowest BCUT2D eigenvalue weighted by molar-refractivity contribution is -0.120. The van der Waals surface area contributed by atoms with Crippen LogP contribution in [0.1, 0.15) is 15.9 Å². The summed E-state index contributed by atoms with van der Waals surface area (Å²) >= 11 is 9.69. The van der Waals surface area contributed by atoms with Crippen LogP contribution in [-0.4, -0.2) is 27.8 Å². The van der Waals surface area contributed by atoms with E-state index in [1.165, 1.54) is 0 Å². The van der Waals surface area contributed by atoms with Gasteiger partial charge in [0.1, 0.15) is 0 Å². The van der Waals surface area contributed by atoms with Crippen molar-refractivity contribution in [1.29, 1.82) is 0 Å². The number of rotatable bonds is 2. The van der Waals surface area contributed by atoms with Crippen LogP contribution in [-0.2, 0) is 4.79 Å². The van der Waals surface area contributed by atoms with Gasteiger partial charge in [0.05, 0.1) is 10.5 Å². The fourth-order valence-corrected chi connectivity index (χ4v) is 4.26. The number of hydrogen-bond donors (Lipinski definition) is 0. The summed E-state index contributed by atoms with van der Waals surface area (Å²) in [6.45, 7) is 0.182. The van der Waals surface area contributed by atoms with E-state index in [1.54, 1.807) is 42.5 Å². The summed E-state index contributed by atoms with van der Waals surface area (Å²) in [6, 6.07) is 12.3. The highest BCUT2D eigenvalue weighted by Gasteiger charge is 2.37. The van der Waals surface area contributed by atoms with Crippen molar-refractivity contribution in [2.45, 2.75) is 0 Å². The number of thiocarbonyl (C=S) groups is 1. The third-order valence-corrected chi connectivity index (χ3v) is 5.79. The average Bonchev–Trinajstić information content (AvgIpc) is 3.19. The summed E-state index contributed by atoms with van der Waals surface area (Å²) < 4.78 is 11.4. The number of nitrogens with zero attached hydrogens (tertiary/aromatic N) is 1. The van der Waals surface area contributed by atoms with Gasteiger partial charge < -0.3 is 9.47 Å². The highest BCUT2D eigenvalue weighted by atomic mass is 79.9. The summed E-state index contributed by atoms with van der Waals surface area (Å²) in [4.78, 5) is 26.9. The standard InChI is InChI=1S/C18H10BrNO4S2/c19-12-4-2-1-3-11(12)16(21)20-17(22)15(26-18(20)25)8-10-5-6-13-14(7-10)24-9-23-13/h1-8H,9H2/b15-8+. The maximum Gasteiger partial charge on any atom is 0.273 e. The number of thioether (sulfide) groups is 1. The Labute approximate surface area is 167 Å². The molecule has 2 aromatic rings. The summed E-state index contributed by atoms with van der Waals surface area (Å²) in [5.41, 5.74) is 1.15. The van der Waals surface area contributed by atoms with Crippen molar-refractivity contribution in [2.75, 3.05) is 6.79 Å². The number of amides is 2. The highest BCUT2D eigenvalue weighted by molar-refractivity contribution is 9.10. The molecule has 1 fully saturated rings.